The summed E-state index contributed by atoms with van der Waals surface area (Å²) in [6.07, 6.45) is 3.30. The molecule has 66 valence electrons. The number of hydrogen-bond donors (Lipinski definition) is 2. The molecule has 0 aliphatic carbocycles. The predicted molar refractivity (Wildman–Crippen MR) is 53.4 cm³/mol. The molecule has 0 aromatic heterocycles. The minimum absolute atomic E-state index is 0.867. The van der Waals surface area contributed by atoms with E-state index in [9.17, 15) is 0 Å². The molecule has 0 amide bonds. The summed E-state index contributed by atoms with van der Waals surface area (Å²) in [5.74, 6) is 2.07. The van der Waals surface area contributed by atoms with Gasteiger partial charge in [-0.15, -0.1) is 0 Å². The molecule has 0 aliphatic rings. The molecule has 0 radical (unpaired) electrons. The molecule has 0 fully saturated rings. The monoisotopic (exact) mass is 175 g/mol. The number of guanidine groups is 1. The highest BCUT2D eigenvalue weighted by Gasteiger charge is 1.90. The number of hydrogen-bond acceptors (Lipinski definition) is 2. The topological polar surface area (TPSA) is 36.4 Å². The Hall–Kier alpha value is -0.380. The summed E-state index contributed by atoms with van der Waals surface area (Å²) in [6, 6.07) is 0. The Morgan fingerprint density at radius 1 is 1.55 bits per heavy atom. The van der Waals surface area contributed by atoms with Gasteiger partial charge in [0.2, 0.25) is 0 Å². The summed E-state index contributed by atoms with van der Waals surface area (Å²) >= 11 is 1.87. The summed E-state index contributed by atoms with van der Waals surface area (Å²) in [5.41, 5.74) is 0. The van der Waals surface area contributed by atoms with Gasteiger partial charge in [0.15, 0.2) is 5.96 Å². The van der Waals surface area contributed by atoms with Crippen LogP contribution >= 0.6 is 11.8 Å². The molecule has 0 spiro atoms. The van der Waals surface area contributed by atoms with E-state index in [0.717, 1.165) is 12.5 Å². The number of nitrogens with zero attached hydrogens (tertiary/aromatic N) is 1. The molecule has 0 atom stereocenters. The summed E-state index contributed by atoms with van der Waals surface area (Å²) in [4.78, 5) is 3.99. The smallest absolute Gasteiger partial charge is 0.190 e. The van der Waals surface area contributed by atoms with E-state index in [2.05, 4.69) is 21.9 Å². The highest BCUT2D eigenvalue weighted by Crippen LogP contribution is 1.92. The van der Waals surface area contributed by atoms with Gasteiger partial charge >= 0.3 is 0 Å². The molecule has 0 aliphatic heterocycles. The average Bonchev–Trinajstić information content (AvgIpc) is 2.05. The van der Waals surface area contributed by atoms with Crippen LogP contribution in [0.15, 0.2) is 4.99 Å². The highest BCUT2D eigenvalue weighted by molar-refractivity contribution is 7.98. The van der Waals surface area contributed by atoms with Crippen molar-refractivity contribution in [3.8, 4) is 0 Å². The van der Waals surface area contributed by atoms with Gasteiger partial charge < -0.3 is 10.6 Å². The van der Waals surface area contributed by atoms with Crippen LogP contribution in [0.25, 0.3) is 0 Å². The maximum Gasteiger partial charge on any atom is 0.190 e. The summed E-state index contributed by atoms with van der Waals surface area (Å²) < 4.78 is 0. The van der Waals surface area contributed by atoms with Crippen LogP contribution in [0.1, 0.15) is 6.42 Å². The zero-order chi connectivity index (χ0) is 8.53. The molecule has 0 aromatic rings. The lowest BCUT2D eigenvalue weighted by Crippen LogP contribution is -2.35. The summed E-state index contributed by atoms with van der Waals surface area (Å²) in [5, 5.41) is 6.14. The summed E-state index contributed by atoms with van der Waals surface area (Å²) in [6.45, 7) is 0.994. The van der Waals surface area contributed by atoms with Crippen LogP contribution in [0.3, 0.4) is 0 Å². The Bertz CT molecular complexity index is 114. The van der Waals surface area contributed by atoms with Gasteiger partial charge in [-0.2, -0.15) is 11.8 Å². The van der Waals surface area contributed by atoms with E-state index < -0.39 is 0 Å². The Balaban J connectivity index is 3.22. The van der Waals surface area contributed by atoms with Gasteiger partial charge in [0.1, 0.15) is 0 Å². The first kappa shape index (κ1) is 10.6. The van der Waals surface area contributed by atoms with Crippen molar-refractivity contribution in [2.75, 3.05) is 32.6 Å². The van der Waals surface area contributed by atoms with Crippen LogP contribution in [0, 0.1) is 0 Å². The highest BCUT2D eigenvalue weighted by atomic mass is 32.2. The van der Waals surface area contributed by atoms with E-state index in [0.29, 0.717) is 0 Å². The second-order valence-corrected chi connectivity index (χ2v) is 3.08. The largest absolute Gasteiger partial charge is 0.359 e. The molecule has 3 nitrogen and oxygen atoms in total. The Morgan fingerprint density at radius 3 is 2.73 bits per heavy atom. The third-order valence-corrected chi connectivity index (χ3v) is 1.98. The van der Waals surface area contributed by atoms with Crippen molar-refractivity contribution in [2.45, 2.75) is 6.42 Å². The van der Waals surface area contributed by atoms with Crippen LogP contribution < -0.4 is 10.6 Å². The SMILES string of the molecule is CN=C(NC)NCCCSC. The zero-order valence-electron chi connectivity index (χ0n) is 7.48. The van der Waals surface area contributed by atoms with Crippen LogP contribution in [0.5, 0.6) is 0 Å². The van der Waals surface area contributed by atoms with E-state index >= 15 is 0 Å². The van der Waals surface area contributed by atoms with Gasteiger partial charge in [-0.1, -0.05) is 0 Å². The van der Waals surface area contributed by atoms with Crippen LogP contribution in [-0.4, -0.2) is 38.6 Å². The quantitative estimate of drug-likeness (QED) is 0.372. The molecule has 11 heavy (non-hydrogen) atoms. The van der Waals surface area contributed by atoms with Gasteiger partial charge in [-0.3, -0.25) is 4.99 Å². The van der Waals surface area contributed by atoms with Crippen molar-refractivity contribution in [1.29, 1.82) is 0 Å². The van der Waals surface area contributed by atoms with E-state index in [4.69, 9.17) is 0 Å². The second-order valence-electron chi connectivity index (χ2n) is 2.10. The van der Waals surface area contributed by atoms with Gasteiger partial charge in [0.05, 0.1) is 0 Å². The van der Waals surface area contributed by atoms with E-state index in [1.165, 1.54) is 12.2 Å². The van der Waals surface area contributed by atoms with Crippen LogP contribution in [-0.2, 0) is 0 Å². The zero-order valence-corrected chi connectivity index (χ0v) is 8.29. The number of thioether (sulfide) groups is 1. The first-order valence-electron chi connectivity index (χ1n) is 3.72. The van der Waals surface area contributed by atoms with Gasteiger partial charge in [-0.05, 0) is 18.4 Å². The van der Waals surface area contributed by atoms with Crippen molar-refractivity contribution < 1.29 is 0 Å². The maximum atomic E-state index is 3.99. The Morgan fingerprint density at radius 2 is 2.27 bits per heavy atom. The third kappa shape index (κ3) is 6.04. The fraction of sp³-hybridized carbons (Fsp3) is 0.857. The molecule has 0 saturated heterocycles. The fourth-order valence-electron chi connectivity index (χ4n) is 0.703. The van der Waals surface area contributed by atoms with E-state index in [1.54, 1.807) is 7.05 Å². The normalized spacial score (nSPS) is 11.4. The predicted octanol–water partition coefficient (Wildman–Crippen LogP) is 0.534. The second kappa shape index (κ2) is 7.72. The first-order valence-corrected chi connectivity index (χ1v) is 5.12. The molecule has 0 heterocycles. The first-order chi connectivity index (χ1) is 5.35. The molecular weight excluding hydrogens is 158 g/mol. The van der Waals surface area contributed by atoms with Crippen molar-refractivity contribution >= 4 is 17.7 Å². The van der Waals surface area contributed by atoms with Gasteiger partial charge in [0, 0.05) is 20.6 Å². The van der Waals surface area contributed by atoms with Crippen LogP contribution in [0.4, 0.5) is 0 Å². The molecule has 0 saturated carbocycles. The lowest BCUT2D eigenvalue weighted by Gasteiger charge is -2.06. The molecule has 2 N–H and O–H groups in total. The third-order valence-electron chi connectivity index (χ3n) is 1.28. The summed E-state index contributed by atoms with van der Waals surface area (Å²) in [7, 11) is 3.64. The average molecular weight is 175 g/mol. The van der Waals surface area contributed by atoms with Crippen molar-refractivity contribution in [2.24, 2.45) is 4.99 Å². The fourth-order valence-corrected chi connectivity index (χ4v) is 1.14. The lowest BCUT2D eigenvalue weighted by atomic mass is 10.5. The molecule has 0 rings (SSSR count). The van der Waals surface area contributed by atoms with Crippen molar-refractivity contribution in [1.82, 2.24) is 10.6 Å². The Kier molecular flexibility index (Phi) is 7.46. The number of nitrogens with one attached hydrogen (secondary N) is 2. The van der Waals surface area contributed by atoms with Crippen molar-refractivity contribution in [3.05, 3.63) is 0 Å². The van der Waals surface area contributed by atoms with E-state index in [1.807, 2.05) is 18.8 Å². The Labute approximate surface area is 73.0 Å². The lowest BCUT2D eigenvalue weighted by molar-refractivity contribution is 0.820. The molecule has 0 unspecified atom stereocenters. The molecular formula is C7H17N3S. The van der Waals surface area contributed by atoms with E-state index in [-0.39, 0.29) is 0 Å². The van der Waals surface area contributed by atoms with Gasteiger partial charge in [-0.25, -0.2) is 0 Å². The van der Waals surface area contributed by atoms with Crippen molar-refractivity contribution in [3.63, 3.8) is 0 Å². The van der Waals surface area contributed by atoms with Gasteiger partial charge in [0.25, 0.3) is 0 Å². The minimum Gasteiger partial charge on any atom is -0.359 e. The molecule has 0 bridgehead atoms. The number of rotatable bonds is 4. The number of aliphatic imine (C=N–C) groups is 1. The minimum atomic E-state index is 0.867. The van der Waals surface area contributed by atoms with Crippen LogP contribution in [0.2, 0.25) is 0 Å². The maximum absolute atomic E-state index is 3.99. The standard InChI is InChI=1S/C7H17N3S/c1-8-7(9-2)10-5-4-6-11-3/h4-6H2,1-3H3,(H2,8,9,10). The molecule has 0 aromatic carbocycles. The molecule has 4 heteroatoms.